The minimum atomic E-state index is -4.27. The average molecular weight is 801 g/mol. The van der Waals surface area contributed by atoms with Crippen LogP contribution in [0.25, 0.3) is 0 Å². The lowest BCUT2D eigenvalue weighted by molar-refractivity contribution is -0.870. The number of allylic oxidation sites excluding steroid dienone is 4. The Balaban J connectivity index is 4.19. The number of phosphoric acid groups is 1. The van der Waals surface area contributed by atoms with Crippen molar-refractivity contribution in [3.05, 3.63) is 24.3 Å². The molecule has 0 saturated carbocycles. The van der Waals surface area contributed by atoms with E-state index >= 15 is 0 Å². The van der Waals surface area contributed by atoms with Gasteiger partial charge in [0.25, 0.3) is 0 Å². The summed E-state index contributed by atoms with van der Waals surface area (Å²) in [6.45, 7) is 5.59. The normalized spacial score (nSPS) is 13.9. The lowest BCUT2D eigenvalue weighted by Gasteiger charge is -2.24. The number of esters is 1. The van der Waals surface area contributed by atoms with E-state index in [1.54, 1.807) is 0 Å². The zero-order valence-electron chi connectivity index (χ0n) is 36.9. The second-order valence-electron chi connectivity index (χ2n) is 16.8. The van der Waals surface area contributed by atoms with Crippen LogP contribution < -0.4 is 0 Å². The summed E-state index contributed by atoms with van der Waals surface area (Å²) in [6.07, 6.45) is 44.9. The molecule has 0 rings (SSSR count). The quantitative estimate of drug-likeness (QED) is 0.0216. The first kappa shape index (κ1) is 54.0. The third-order valence-corrected chi connectivity index (χ3v) is 11.0. The van der Waals surface area contributed by atoms with Gasteiger partial charge in [-0.1, -0.05) is 186 Å². The van der Waals surface area contributed by atoms with Gasteiger partial charge in [0.2, 0.25) is 0 Å². The number of phosphoric ester groups is 1. The highest BCUT2D eigenvalue weighted by atomic mass is 31.2. The molecular formula is C46H91NO7P+. The summed E-state index contributed by atoms with van der Waals surface area (Å²) in [6, 6.07) is 0. The first-order valence-electron chi connectivity index (χ1n) is 23.1. The molecule has 0 heterocycles. The van der Waals surface area contributed by atoms with Gasteiger partial charge in [-0.15, -0.1) is 0 Å². The Bertz CT molecular complexity index is 936. The number of carbonyl (C=O) groups excluding carboxylic acids is 1. The molecule has 0 aliphatic rings. The zero-order valence-corrected chi connectivity index (χ0v) is 37.8. The summed E-state index contributed by atoms with van der Waals surface area (Å²) in [5, 5.41) is 0. The molecule has 0 bridgehead atoms. The highest BCUT2D eigenvalue weighted by Crippen LogP contribution is 2.43. The Labute approximate surface area is 341 Å². The van der Waals surface area contributed by atoms with Gasteiger partial charge in [0.05, 0.1) is 34.4 Å². The van der Waals surface area contributed by atoms with Crippen LogP contribution in [0.4, 0.5) is 0 Å². The highest BCUT2D eigenvalue weighted by molar-refractivity contribution is 7.47. The van der Waals surface area contributed by atoms with Crippen molar-refractivity contribution in [3.8, 4) is 0 Å². The number of rotatable bonds is 43. The van der Waals surface area contributed by atoms with E-state index in [4.69, 9.17) is 18.5 Å². The van der Waals surface area contributed by atoms with Crippen molar-refractivity contribution in [2.75, 3.05) is 54.1 Å². The minimum Gasteiger partial charge on any atom is -0.457 e. The van der Waals surface area contributed by atoms with E-state index in [1.807, 2.05) is 21.1 Å². The summed E-state index contributed by atoms with van der Waals surface area (Å²) in [4.78, 5) is 22.9. The van der Waals surface area contributed by atoms with Gasteiger partial charge in [0.1, 0.15) is 19.3 Å². The average Bonchev–Trinajstić information content (AvgIpc) is 3.13. The van der Waals surface area contributed by atoms with Gasteiger partial charge in [0, 0.05) is 13.0 Å². The molecule has 0 spiro atoms. The van der Waals surface area contributed by atoms with E-state index in [9.17, 15) is 14.3 Å². The summed E-state index contributed by atoms with van der Waals surface area (Å²) in [7, 11) is 1.67. The summed E-state index contributed by atoms with van der Waals surface area (Å²) in [5.74, 6) is -0.314. The summed E-state index contributed by atoms with van der Waals surface area (Å²) < 4.78 is 35.0. The van der Waals surface area contributed by atoms with Crippen LogP contribution in [0.15, 0.2) is 24.3 Å². The number of quaternary nitrogens is 1. The van der Waals surface area contributed by atoms with Crippen molar-refractivity contribution in [2.45, 2.75) is 213 Å². The Morgan fingerprint density at radius 2 is 1.02 bits per heavy atom. The molecule has 0 fully saturated rings. The van der Waals surface area contributed by atoms with Gasteiger partial charge in [-0.25, -0.2) is 4.57 Å². The van der Waals surface area contributed by atoms with Crippen LogP contribution in [0, 0.1) is 0 Å². The second-order valence-corrected chi connectivity index (χ2v) is 18.2. The smallest absolute Gasteiger partial charge is 0.457 e. The van der Waals surface area contributed by atoms with Crippen LogP contribution in [-0.2, 0) is 27.9 Å². The predicted octanol–water partition coefficient (Wildman–Crippen LogP) is 13.6. The Kier molecular flexibility index (Phi) is 39.1. The fourth-order valence-corrected chi connectivity index (χ4v) is 7.14. The van der Waals surface area contributed by atoms with Crippen molar-refractivity contribution >= 4 is 13.8 Å². The fraction of sp³-hybridized carbons (Fsp3) is 0.891. The molecule has 2 atom stereocenters. The predicted molar refractivity (Wildman–Crippen MR) is 233 cm³/mol. The van der Waals surface area contributed by atoms with Crippen LogP contribution >= 0.6 is 7.82 Å². The van der Waals surface area contributed by atoms with Gasteiger partial charge in [-0.05, 0) is 38.5 Å². The largest absolute Gasteiger partial charge is 0.472 e. The molecular weight excluding hydrogens is 709 g/mol. The van der Waals surface area contributed by atoms with Gasteiger partial charge in [0.15, 0.2) is 0 Å². The second kappa shape index (κ2) is 39.8. The molecule has 0 amide bonds. The first-order valence-corrected chi connectivity index (χ1v) is 24.6. The van der Waals surface area contributed by atoms with E-state index in [0.717, 1.165) is 44.9 Å². The maximum Gasteiger partial charge on any atom is 0.472 e. The van der Waals surface area contributed by atoms with E-state index in [1.165, 1.54) is 141 Å². The third-order valence-electron chi connectivity index (χ3n) is 10.0. The Morgan fingerprint density at radius 1 is 0.564 bits per heavy atom. The standard InChI is InChI=1S/C46H90NO7P/c1-6-8-10-12-14-16-18-20-22-23-24-25-27-29-31-33-35-37-39-46(48)54-45(44-53-55(49,50)52-42-40-47(3,4)5)43-51-41-38-36-34-32-30-28-26-21-19-17-15-13-11-9-7-2/h13,15,19,21,45H,6-12,14,16-18,20,22-44H2,1-5H3/p+1/b15-13-,21-19-. The van der Waals surface area contributed by atoms with Gasteiger partial charge >= 0.3 is 13.8 Å². The van der Waals surface area contributed by atoms with Gasteiger partial charge in [-0.3, -0.25) is 13.8 Å². The van der Waals surface area contributed by atoms with Crippen molar-refractivity contribution in [1.82, 2.24) is 0 Å². The maximum atomic E-state index is 12.7. The number of hydrogen-bond donors (Lipinski definition) is 1. The highest BCUT2D eigenvalue weighted by Gasteiger charge is 2.26. The summed E-state index contributed by atoms with van der Waals surface area (Å²) in [5.41, 5.74) is 0. The molecule has 0 aromatic carbocycles. The third kappa shape index (κ3) is 43.9. The van der Waals surface area contributed by atoms with Crippen LogP contribution in [0.5, 0.6) is 0 Å². The number of hydrogen-bond acceptors (Lipinski definition) is 6. The van der Waals surface area contributed by atoms with Gasteiger partial charge < -0.3 is 18.9 Å². The summed E-state index contributed by atoms with van der Waals surface area (Å²) >= 11 is 0. The van der Waals surface area contributed by atoms with Crippen LogP contribution in [0.3, 0.4) is 0 Å². The van der Waals surface area contributed by atoms with Crippen LogP contribution in [0.1, 0.15) is 206 Å². The van der Waals surface area contributed by atoms with E-state index in [0.29, 0.717) is 24.1 Å². The molecule has 0 aliphatic heterocycles. The number of unbranched alkanes of at least 4 members (excludes halogenated alkanes) is 25. The van der Waals surface area contributed by atoms with Crippen LogP contribution in [-0.4, -0.2) is 75.6 Å². The number of carbonyl (C=O) groups is 1. The number of likely N-dealkylation sites (N-methyl/N-ethyl adjacent to an activating group) is 1. The lowest BCUT2D eigenvalue weighted by Crippen LogP contribution is -2.37. The van der Waals surface area contributed by atoms with Crippen LogP contribution in [0.2, 0.25) is 0 Å². The topological polar surface area (TPSA) is 91.3 Å². The minimum absolute atomic E-state index is 0.0884. The van der Waals surface area contributed by atoms with E-state index in [-0.39, 0.29) is 25.8 Å². The van der Waals surface area contributed by atoms with E-state index < -0.39 is 13.9 Å². The van der Waals surface area contributed by atoms with Crippen molar-refractivity contribution in [3.63, 3.8) is 0 Å². The Hall–Kier alpha value is -1.02. The van der Waals surface area contributed by atoms with Crippen molar-refractivity contribution < 1.29 is 37.3 Å². The van der Waals surface area contributed by atoms with E-state index in [2.05, 4.69) is 38.2 Å². The number of nitrogens with zero attached hydrogens (tertiary/aromatic N) is 1. The first-order chi connectivity index (χ1) is 26.6. The monoisotopic (exact) mass is 801 g/mol. The molecule has 0 aromatic heterocycles. The molecule has 326 valence electrons. The Morgan fingerprint density at radius 3 is 1.53 bits per heavy atom. The molecule has 1 N–H and O–H groups in total. The van der Waals surface area contributed by atoms with Crippen molar-refractivity contribution in [2.24, 2.45) is 0 Å². The molecule has 2 unspecified atom stereocenters. The molecule has 0 aliphatic carbocycles. The zero-order chi connectivity index (χ0) is 40.6. The lowest BCUT2D eigenvalue weighted by atomic mass is 10.0. The fourth-order valence-electron chi connectivity index (χ4n) is 6.39. The molecule has 0 aromatic rings. The molecule has 9 heteroatoms. The molecule has 55 heavy (non-hydrogen) atoms. The molecule has 0 saturated heterocycles. The van der Waals surface area contributed by atoms with Gasteiger partial charge in [-0.2, -0.15) is 0 Å². The molecule has 0 radical (unpaired) electrons. The molecule has 8 nitrogen and oxygen atoms in total. The SMILES string of the molecule is CCCC/C=C\C/C=C\CCCCCCCCOCC(COP(=O)(O)OCC[N+](C)(C)C)OC(=O)CCCCCCCCCCCCCCCCCCCC. The van der Waals surface area contributed by atoms with Crippen molar-refractivity contribution in [1.29, 1.82) is 0 Å². The maximum absolute atomic E-state index is 12.7. The number of ether oxygens (including phenoxy) is 2.